The molecule has 0 aromatic carbocycles. The number of carbonyl (C=O) groups excluding carboxylic acids is 2. The molecule has 0 aliphatic heterocycles. The number of amides is 1. The normalized spacial score (nSPS) is 14.7. The number of ether oxygens (including phenoxy) is 2. The summed E-state index contributed by atoms with van der Waals surface area (Å²) in [6.45, 7) is 10.5. The lowest BCUT2D eigenvalue weighted by molar-refractivity contribution is -0.149. The van der Waals surface area contributed by atoms with Gasteiger partial charge in [-0.05, 0) is 33.6 Å². The molecule has 0 rings (SSSR count). The molecule has 112 valence electrons. The molecule has 2 N–H and O–H groups in total. The third kappa shape index (κ3) is 7.00. The van der Waals surface area contributed by atoms with E-state index in [1.165, 1.54) is 0 Å². The molecule has 0 saturated carbocycles. The number of aliphatic hydroxyl groups excluding tert-OH is 1. The third-order valence-electron chi connectivity index (χ3n) is 2.24. The monoisotopic (exact) mass is 275 g/mol. The predicted octanol–water partition coefficient (Wildman–Crippen LogP) is 1.46. The van der Waals surface area contributed by atoms with E-state index in [9.17, 15) is 14.7 Å². The van der Waals surface area contributed by atoms with Gasteiger partial charge in [0.25, 0.3) is 0 Å². The van der Waals surface area contributed by atoms with Gasteiger partial charge in [-0.25, -0.2) is 9.59 Å². The van der Waals surface area contributed by atoms with Crippen molar-refractivity contribution in [2.45, 2.75) is 59.3 Å². The number of rotatable bonds is 5. The van der Waals surface area contributed by atoms with Crippen molar-refractivity contribution >= 4 is 12.1 Å². The maximum Gasteiger partial charge on any atom is 0.408 e. The van der Waals surface area contributed by atoms with Crippen molar-refractivity contribution < 1.29 is 24.2 Å². The van der Waals surface area contributed by atoms with Crippen LogP contribution in [0.1, 0.15) is 41.5 Å². The molecular weight excluding hydrogens is 250 g/mol. The second-order valence-electron chi connectivity index (χ2n) is 5.61. The van der Waals surface area contributed by atoms with Crippen LogP contribution in [0.25, 0.3) is 0 Å². The van der Waals surface area contributed by atoms with Gasteiger partial charge in [0.15, 0.2) is 6.04 Å². The van der Waals surface area contributed by atoms with Gasteiger partial charge in [-0.3, -0.25) is 0 Å². The van der Waals surface area contributed by atoms with E-state index in [1.807, 2.05) is 0 Å². The van der Waals surface area contributed by atoms with E-state index in [0.717, 1.165) is 0 Å². The summed E-state index contributed by atoms with van der Waals surface area (Å²) in [4.78, 5) is 23.4. The Morgan fingerprint density at radius 1 is 1.26 bits per heavy atom. The van der Waals surface area contributed by atoms with E-state index < -0.39 is 29.8 Å². The molecule has 1 amide bonds. The Morgan fingerprint density at radius 2 is 1.79 bits per heavy atom. The van der Waals surface area contributed by atoms with E-state index in [4.69, 9.17) is 9.47 Å². The fourth-order valence-corrected chi connectivity index (χ4v) is 1.34. The Labute approximate surface area is 114 Å². The summed E-state index contributed by atoms with van der Waals surface area (Å²) >= 11 is 0. The summed E-state index contributed by atoms with van der Waals surface area (Å²) in [5.41, 5.74) is -0.675. The molecule has 0 aliphatic rings. The minimum absolute atomic E-state index is 0.177. The number of esters is 1. The zero-order chi connectivity index (χ0) is 15.2. The highest BCUT2D eigenvalue weighted by Gasteiger charge is 2.33. The first-order valence-electron chi connectivity index (χ1n) is 6.42. The molecule has 0 bridgehead atoms. The van der Waals surface area contributed by atoms with Gasteiger partial charge >= 0.3 is 12.1 Å². The lowest BCUT2D eigenvalue weighted by Gasteiger charge is -2.27. The molecule has 0 aromatic rings. The molecule has 0 fully saturated rings. The first kappa shape index (κ1) is 17.7. The van der Waals surface area contributed by atoms with Crippen molar-refractivity contribution in [3.63, 3.8) is 0 Å². The van der Waals surface area contributed by atoms with Gasteiger partial charge in [-0.2, -0.15) is 0 Å². The van der Waals surface area contributed by atoms with Crippen molar-refractivity contribution in [2.24, 2.45) is 5.92 Å². The Balaban J connectivity index is 4.76. The number of nitrogens with one attached hydrogen (secondary N) is 1. The quantitative estimate of drug-likeness (QED) is 0.742. The molecule has 6 heteroatoms. The van der Waals surface area contributed by atoms with E-state index in [0.29, 0.717) is 0 Å². The zero-order valence-electron chi connectivity index (χ0n) is 12.5. The zero-order valence-corrected chi connectivity index (χ0v) is 12.5. The second-order valence-corrected chi connectivity index (χ2v) is 5.61. The molecule has 0 radical (unpaired) electrons. The number of aliphatic hydroxyl groups is 1. The number of carbonyl (C=O) groups is 2. The van der Waals surface area contributed by atoms with Crippen molar-refractivity contribution in [1.82, 2.24) is 5.32 Å². The molecule has 6 nitrogen and oxygen atoms in total. The van der Waals surface area contributed by atoms with Crippen LogP contribution in [0.15, 0.2) is 0 Å². The highest BCUT2D eigenvalue weighted by Crippen LogP contribution is 2.11. The summed E-state index contributed by atoms with van der Waals surface area (Å²) in [6.07, 6.45) is -1.79. The number of hydrogen-bond acceptors (Lipinski definition) is 5. The first-order valence-corrected chi connectivity index (χ1v) is 6.42. The molecule has 0 unspecified atom stereocenters. The molecule has 0 saturated heterocycles. The summed E-state index contributed by atoms with van der Waals surface area (Å²) in [6, 6.07) is -1.13. The van der Waals surface area contributed by atoms with Crippen molar-refractivity contribution in [3.05, 3.63) is 0 Å². The average Bonchev–Trinajstić information content (AvgIpc) is 2.22. The van der Waals surface area contributed by atoms with Gasteiger partial charge < -0.3 is 19.9 Å². The van der Waals surface area contributed by atoms with Crippen molar-refractivity contribution in [2.75, 3.05) is 6.61 Å². The standard InChI is InChI=1S/C13H25NO5/c1-7-18-11(16)9(10(15)8(2)3)14-12(17)19-13(4,5)6/h8-10,15H,7H2,1-6H3,(H,14,17)/t9-,10-/m0/s1. The first-order chi connectivity index (χ1) is 8.58. The van der Waals surface area contributed by atoms with Crippen LogP contribution in [0.5, 0.6) is 0 Å². The fraction of sp³-hybridized carbons (Fsp3) is 0.846. The van der Waals surface area contributed by atoms with Gasteiger partial charge in [-0.1, -0.05) is 13.8 Å². The van der Waals surface area contributed by atoms with Crippen LogP contribution in [-0.2, 0) is 14.3 Å². The summed E-state index contributed by atoms with van der Waals surface area (Å²) in [5, 5.41) is 12.3. The molecule has 0 aromatic heterocycles. The summed E-state index contributed by atoms with van der Waals surface area (Å²) in [7, 11) is 0. The maximum absolute atomic E-state index is 11.7. The lowest BCUT2D eigenvalue weighted by atomic mass is 10.00. The van der Waals surface area contributed by atoms with Gasteiger partial charge in [0, 0.05) is 0 Å². The van der Waals surface area contributed by atoms with Crippen LogP contribution < -0.4 is 5.32 Å². The van der Waals surface area contributed by atoms with Crippen LogP contribution >= 0.6 is 0 Å². The maximum atomic E-state index is 11.7. The topological polar surface area (TPSA) is 84.9 Å². The molecule has 2 atom stereocenters. The Bertz CT molecular complexity index is 309. The van der Waals surface area contributed by atoms with Gasteiger partial charge in [0.2, 0.25) is 0 Å². The van der Waals surface area contributed by atoms with Crippen LogP contribution in [-0.4, -0.2) is 41.5 Å². The smallest absolute Gasteiger partial charge is 0.408 e. The highest BCUT2D eigenvalue weighted by atomic mass is 16.6. The van der Waals surface area contributed by atoms with Crippen LogP contribution in [0.2, 0.25) is 0 Å². The Kier molecular flexibility index (Phi) is 6.83. The molecular formula is C13H25NO5. The van der Waals surface area contributed by atoms with E-state index in [1.54, 1.807) is 41.5 Å². The largest absolute Gasteiger partial charge is 0.464 e. The van der Waals surface area contributed by atoms with Gasteiger partial charge in [0.1, 0.15) is 5.60 Å². The van der Waals surface area contributed by atoms with Crippen LogP contribution in [0.3, 0.4) is 0 Å². The van der Waals surface area contributed by atoms with E-state index in [-0.39, 0.29) is 12.5 Å². The SMILES string of the molecule is CCOC(=O)[C@@H](NC(=O)OC(C)(C)C)[C@@H](O)C(C)C. The van der Waals surface area contributed by atoms with Crippen LogP contribution in [0.4, 0.5) is 4.79 Å². The third-order valence-corrected chi connectivity index (χ3v) is 2.24. The molecule has 0 spiro atoms. The minimum Gasteiger partial charge on any atom is -0.464 e. The van der Waals surface area contributed by atoms with Crippen molar-refractivity contribution in [3.8, 4) is 0 Å². The summed E-state index contributed by atoms with van der Waals surface area (Å²) in [5.74, 6) is -0.876. The molecule has 0 heterocycles. The predicted molar refractivity (Wildman–Crippen MR) is 70.6 cm³/mol. The Hall–Kier alpha value is -1.30. The van der Waals surface area contributed by atoms with E-state index >= 15 is 0 Å². The fourth-order valence-electron chi connectivity index (χ4n) is 1.34. The van der Waals surface area contributed by atoms with Gasteiger partial charge in [0.05, 0.1) is 12.7 Å². The van der Waals surface area contributed by atoms with Gasteiger partial charge in [-0.15, -0.1) is 0 Å². The van der Waals surface area contributed by atoms with Crippen molar-refractivity contribution in [1.29, 1.82) is 0 Å². The highest BCUT2D eigenvalue weighted by molar-refractivity contribution is 5.82. The number of hydrogen-bond donors (Lipinski definition) is 2. The average molecular weight is 275 g/mol. The van der Waals surface area contributed by atoms with E-state index in [2.05, 4.69) is 5.32 Å². The number of alkyl carbamates (subject to hydrolysis) is 1. The molecule has 19 heavy (non-hydrogen) atoms. The molecule has 0 aliphatic carbocycles. The van der Waals surface area contributed by atoms with Crippen LogP contribution in [0, 0.1) is 5.92 Å². The Morgan fingerprint density at radius 3 is 2.16 bits per heavy atom. The minimum atomic E-state index is -1.13. The lowest BCUT2D eigenvalue weighted by Crippen LogP contribution is -2.52. The second kappa shape index (κ2) is 7.33. The summed E-state index contributed by atoms with van der Waals surface area (Å²) < 4.78 is 9.89.